The van der Waals surface area contributed by atoms with Crippen LogP contribution in [0.25, 0.3) is 0 Å². The molecule has 9 heteroatoms. The van der Waals surface area contributed by atoms with Crippen LogP contribution >= 0.6 is 0 Å². The van der Waals surface area contributed by atoms with E-state index in [4.69, 9.17) is 9.84 Å². The summed E-state index contributed by atoms with van der Waals surface area (Å²) < 4.78 is 32.4. The number of ether oxygens (including phenoxy) is 1. The molecule has 7 nitrogen and oxygen atoms in total. The first kappa shape index (κ1) is 21.1. The number of aliphatic carboxylic acids is 1. The van der Waals surface area contributed by atoms with Gasteiger partial charge in [-0.25, -0.2) is 18.4 Å². The molecule has 0 saturated carbocycles. The largest absolute Gasteiger partial charge is 0.480 e. The van der Waals surface area contributed by atoms with Crippen molar-refractivity contribution in [2.75, 3.05) is 6.54 Å². The van der Waals surface area contributed by atoms with Gasteiger partial charge in [0.05, 0.1) is 6.54 Å². The lowest BCUT2D eigenvalue weighted by molar-refractivity contribution is -0.150. The van der Waals surface area contributed by atoms with E-state index in [0.717, 1.165) is 0 Å². The van der Waals surface area contributed by atoms with Gasteiger partial charge in [-0.2, -0.15) is 0 Å². The Labute approximate surface area is 145 Å². The maximum absolute atomic E-state index is 13.6. The van der Waals surface area contributed by atoms with Gasteiger partial charge in [0, 0.05) is 6.42 Å². The summed E-state index contributed by atoms with van der Waals surface area (Å²) in [7, 11) is 0. The quantitative estimate of drug-likeness (QED) is 0.801. The normalized spacial score (nSPS) is 21.6. The fraction of sp³-hybridized carbons (Fsp3) is 0.812. The zero-order valence-electron chi connectivity index (χ0n) is 15.4. The van der Waals surface area contributed by atoms with Crippen molar-refractivity contribution in [1.82, 2.24) is 10.2 Å². The van der Waals surface area contributed by atoms with Crippen LogP contribution in [0.2, 0.25) is 0 Å². The van der Waals surface area contributed by atoms with E-state index in [2.05, 4.69) is 5.32 Å². The molecule has 0 aromatic heterocycles. The van der Waals surface area contributed by atoms with E-state index in [1.54, 1.807) is 41.5 Å². The fourth-order valence-electron chi connectivity index (χ4n) is 2.51. The number of amides is 2. The highest BCUT2D eigenvalue weighted by molar-refractivity contribution is 5.90. The molecule has 2 N–H and O–H groups in total. The van der Waals surface area contributed by atoms with E-state index in [1.165, 1.54) is 0 Å². The summed E-state index contributed by atoms with van der Waals surface area (Å²) in [6, 6.07) is -2.84. The van der Waals surface area contributed by atoms with Gasteiger partial charge in [0.15, 0.2) is 0 Å². The molecule has 0 bridgehead atoms. The first-order valence-electron chi connectivity index (χ1n) is 7.94. The van der Waals surface area contributed by atoms with E-state index in [0.29, 0.717) is 4.90 Å². The summed E-state index contributed by atoms with van der Waals surface area (Å²) in [5.74, 6) is -5.66. The second kappa shape index (κ2) is 6.76. The number of alkyl carbamates (subject to hydrolysis) is 1. The van der Waals surface area contributed by atoms with Gasteiger partial charge in [-0.1, -0.05) is 20.8 Å². The zero-order valence-corrected chi connectivity index (χ0v) is 15.4. The number of carbonyl (C=O) groups excluding carboxylic acids is 2. The number of hydrogen-bond acceptors (Lipinski definition) is 4. The van der Waals surface area contributed by atoms with Crippen LogP contribution in [-0.4, -0.2) is 58.1 Å². The number of nitrogens with zero attached hydrogens (tertiary/aromatic N) is 1. The predicted octanol–water partition coefficient (Wildman–Crippen LogP) is 2.25. The second-order valence-corrected chi connectivity index (χ2v) is 8.33. The number of rotatable bonds is 3. The zero-order chi connectivity index (χ0) is 19.8. The molecule has 2 atom stereocenters. The number of likely N-dealkylation sites (tertiary alicyclic amines) is 1. The van der Waals surface area contributed by atoms with Crippen molar-refractivity contribution >= 4 is 18.0 Å². The maximum atomic E-state index is 13.6. The summed E-state index contributed by atoms with van der Waals surface area (Å²) in [5, 5.41) is 11.5. The van der Waals surface area contributed by atoms with E-state index in [-0.39, 0.29) is 0 Å². The van der Waals surface area contributed by atoms with Crippen LogP contribution in [-0.2, 0) is 14.3 Å². The molecule has 0 spiro atoms. The van der Waals surface area contributed by atoms with Crippen LogP contribution in [0, 0.1) is 5.41 Å². The molecule has 0 aromatic carbocycles. The molecule has 1 heterocycles. The smallest absolute Gasteiger partial charge is 0.408 e. The summed E-state index contributed by atoms with van der Waals surface area (Å²) in [6.07, 6.45) is -1.82. The minimum absolute atomic E-state index is 0.621. The van der Waals surface area contributed by atoms with Crippen molar-refractivity contribution in [3.05, 3.63) is 0 Å². The maximum Gasteiger partial charge on any atom is 0.408 e. The van der Waals surface area contributed by atoms with E-state index in [9.17, 15) is 23.2 Å². The molecular weight excluding hydrogens is 338 g/mol. The number of nitrogens with one attached hydrogen (secondary N) is 1. The third-order valence-corrected chi connectivity index (χ3v) is 3.61. The third-order valence-electron chi connectivity index (χ3n) is 3.61. The molecule has 1 aliphatic heterocycles. The number of halogens is 2. The summed E-state index contributed by atoms with van der Waals surface area (Å²) in [5.41, 5.74) is -1.64. The third kappa shape index (κ3) is 5.82. The van der Waals surface area contributed by atoms with Crippen LogP contribution in [0.1, 0.15) is 48.0 Å². The van der Waals surface area contributed by atoms with Crippen LogP contribution in [0.15, 0.2) is 0 Å². The number of hydrogen-bond donors (Lipinski definition) is 2. The fourth-order valence-corrected chi connectivity index (χ4v) is 2.51. The summed E-state index contributed by atoms with van der Waals surface area (Å²) >= 11 is 0. The summed E-state index contributed by atoms with van der Waals surface area (Å²) in [6.45, 7) is 8.84. The van der Waals surface area contributed by atoms with Gasteiger partial charge in [-0.15, -0.1) is 0 Å². The van der Waals surface area contributed by atoms with E-state index >= 15 is 0 Å². The Morgan fingerprint density at radius 1 is 1.20 bits per heavy atom. The van der Waals surface area contributed by atoms with Gasteiger partial charge < -0.3 is 20.1 Å². The van der Waals surface area contributed by atoms with Gasteiger partial charge in [0.2, 0.25) is 5.91 Å². The van der Waals surface area contributed by atoms with Gasteiger partial charge in [-0.3, -0.25) is 4.79 Å². The monoisotopic (exact) mass is 364 g/mol. The molecular formula is C16H26F2N2O5. The molecule has 0 radical (unpaired) electrons. The van der Waals surface area contributed by atoms with Crippen molar-refractivity contribution in [1.29, 1.82) is 0 Å². The standard InChI is InChI=1S/C16H26F2N2O5/c1-14(2,3)10(19-13(24)25-15(4,5)6)11(21)20-8-16(17,18)7-9(20)12(22)23/h9-10H,7-8H2,1-6H3,(H,19,24)(H,22,23)/t9-,10+/m0/s1. The molecule has 1 rings (SSSR count). The van der Waals surface area contributed by atoms with E-state index < -0.39 is 60.0 Å². The molecule has 1 fully saturated rings. The molecule has 0 aliphatic carbocycles. The van der Waals surface area contributed by atoms with Crippen LogP contribution in [0.3, 0.4) is 0 Å². The SMILES string of the molecule is CC(C)(C)OC(=O)N[C@H](C(=O)N1CC(F)(F)C[C@H]1C(=O)O)C(C)(C)C. The Hall–Kier alpha value is -1.93. The minimum atomic E-state index is -3.28. The number of carboxylic acid groups (broad SMARTS) is 1. The predicted molar refractivity (Wildman–Crippen MR) is 85.3 cm³/mol. The van der Waals surface area contributed by atoms with Crippen LogP contribution in [0.5, 0.6) is 0 Å². The Morgan fingerprint density at radius 2 is 1.72 bits per heavy atom. The Bertz CT molecular complexity index is 552. The molecule has 0 aromatic rings. The highest BCUT2D eigenvalue weighted by Gasteiger charge is 2.52. The Balaban J connectivity index is 3.05. The van der Waals surface area contributed by atoms with Crippen molar-refractivity contribution in [3.8, 4) is 0 Å². The number of alkyl halides is 2. The average molecular weight is 364 g/mol. The molecule has 0 unspecified atom stereocenters. The van der Waals surface area contributed by atoms with Crippen LogP contribution < -0.4 is 5.32 Å². The highest BCUT2D eigenvalue weighted by atomic mass is 19.3. The van der Waals surface area contributed by atoms with Gasteiger partial charge in [-0.05, 0) is 26.2 Å². The van der Waals surface area contributed by atoms with Gasteiger partial charge in [0.1, 0.15) is 17.7 Å². The minimum Gasteiger partial charge on any atom is -0.480 e. The average Bonchev–Trinajstić information content (AvgIpc) is 2.68. The van der Waals surface area contributed by atoms with Gasteiger partial charge >= 0.3 is 12.1 Å². The van der Waals surface area contributed by atoms with Gasteiger partial charge in [0.25, 0.3) is 5.92 Å². The first-order chi connectivity index (χ1) is 11.0. The summed E-state index contributed by atoms with van der Waals surface area (Å²) in [4.78, 5) is 36.6. The van der Waals surface area contributed by atoms with Crippen molar-refractivity contribution in [3.63, 3.8) is 0 Å². The lowest BCUT2D eigenvalue weighted by atomic mass is 9.85. The number of carboxylic acids is 1. The second-order valence-electron chi connectivity index (χ2n) is 8.33. The van der Waals surface area contributed by atoms with E-state index in [1.807, 2.05) is 0 Å². The number of carbonyl (C=O) groups is 3. The van der Waals surface area contributed by atoms with Crippen LogP contribution in [0.4, 0.5) is 13.6 Å². The molecule has 1 aliphatic rings. The highest BCUT2D eigenvalue weighted by Crippen LogP contribution is 2.34. The topological polar surface area (TPSA) is 95.9 Å². The lowest BCUT2D eigenvalue weighted by Crippen LogP contribution is -2.57. The van der Waals surface area contributed by atoms with Crippen molar-refractivity contribution in [2.24, 2.45) is 5.41 Å². The molecule has 25 heavy (non-hydrogen) atoms. The first-order valence-corrected chi connectivity index (χ1v) is 7.94. The van der Waals surface area contributed by atoms with Crippen molar-refractivity contribution < 1.29 is 33.0 Å². The molecule has 2 amide bonds. The van der Waals surface area contributed by atoms with Crippen molar-refractivity contribution in [2.45, 2.75) is 71.6 Å². The molecule has 1 saturated heterocycles. The Kier molecular flexibility index (Phi) is 5.71. The lowest BCUT2D eigenvalue weighted by Gasteiger charge is -2.35. The molecule has 144 valence electrons. The Morgan fingerprint density at radius 3 is 2.12 bits per heavy atom.